The molecule has 0 atom stereocenters. The van der Waals surface area contributed by atoms with E-state index in [1.165, 1.54) is 0 Å². The van der Waals surface area contributed by atoms with Crippen LogP contribution in [-0.4, -0.2) is 10.1 Å². The van der Waals surface area contributed by atoms with Crippen molar-refractivity contribution >= 4 is 21.6 Å². The summed E-state index contributed by atoms with van der Waals surface area (Å²) in [5.41, 5.74) is 3.90. The van der Waals surface area contributed by atoms with Crippen molar-refractivity contribution in [2.45, 2.75) is 20.4 Å². The molecule has 0 aliphatic rings. The Hall–Kier alpha value is -1.55. The summed E-state index contributed by atoms with van der Waals surface area (Å²) in [4.78, 5) is 4.15. The molecule has 4 heteroatoms. The van der Waals surface area contributed by atoms with Crippen molar-refractivity contribution in [2.75, 3.05) is 5.32 Å². The van der Waals surface area contributed by atoms with Crippen LogP contribution in [0.2, 0.25) is 0 Å². The van der Waals surface area contributed by atoms with E-state index >= 15 is 0 Å². The number of aryl methyl sites for hydroxylation is 2. The lowest BCUT2D eigenvalue weighted by atomic mass is 10.1. The van der Waals surface area contributed by atoms with Crippen LogP contribution in [0, 0.1) is 13.8 Å². The summed E-state index contributed by atoms with van der Waals surface area (Å²) in [7, 11) is 0. The first-order chi connectivity index (χ1) is 8.58. The number of nitrogens with zero attached hydrogens (tertiary/aromatic N) is 1. The lowest BCUT2D eigenvalue weighted by Gasteiger charge is -2.10. The molecule has 0 saturated carbocycles. The fourth-order valence-electron chi connectivity index (χ4n) is 1.86. The summed E-state index contributed by atoms with van der Waals surface area (Å²) < 4.78 is 0.803. The first-order valence-electron chi connectivity index (χ1n) is 5.71. The number of aromatic hydroxyl groups is 1. The van der Waals surface area contributed by atoms with Crippen molar-refractivity contribution in [1.29, 1.82) is 0 Å². The minimum atomic E-state index is 0.376. The molecule has 3 nitrogen and oxygen atoms in total. The van der Waals surface area contributed by atoms with E-state index in [1.807, 2.05) is 38.1 Å². The van der Waals surface area contributed by atoms with Crippen molar-refractivity contribution in [3.05, 3.63) is 51.8 Å². The van der Waals surface area contributed by atoms with E-state index < -0.39 is 0 Å². The standard InChI is InChI=1S/C14H15BrN2O/c1-9-6-11(7-10(2)13(9)18)8-17-12-4-3-5-16-14(12)15/h3-7,17-18H,8H2,1-2H3. The van der Waals surface area contributed by atoms with E-state index in [9.17, 15) is 5.11 Å². The second-order valence-electron chi connectivity index (χ2n) is 4.27. The molecule has 0 fully saturated rings. The molecule has 2 aromatic rings. The molecule has 0 bridgehead atoms. The summed E-state index contributed by atoms with van der Waals surface area (Å²) >= 11 is 3.40. The third kappa shape index (κ3) is 2.82. The Labute approximate surface area is 115 Å². The maximum absolute atomic E-state index is 9.72. The van der Waals surface area contributed by atoms with Gasteiger partial charge in [0.05, 0.1) is 5.69 Å². The zero-order valence-electron chi connectivity index (χ0n) is 10.4. The smallest absolute Gasteiger partial charge is 0.129 e. The third-order valence-electron chi connectivity index (χ3n) is 2.79. The minimum Gasteiger partial charge on any atom is -0.507 e. The van der Waals surface area contributed by atoms with Gasteiger partial charge in [-0.25, -0.2) is 4.98 Å². The van der Waals surface area contributed by atoms with E-state index in [0.29, 0.717) is 12.3 Å². The van der Waals surface area contributed by atoms with Gasteiger partial charge < -0.3 is 10.4 Å². The van der Waals surface area contributed by atoms with E-state index in [4.69, 9.17) is 0 Å². The van der Waals surface area contributed by atoms with Crippen molar-refractivity contribution in [2.24, 2.45) is 0 Å². The highest BCUT2D eigenvalue weighted by Crippen LogP contribution is 2.24. The fraction of sp³-hybridized carbons (Fsp3) is 0.214. The summed E-state index contributed by atoms with van der Waals surface area (Å²) in [5.74, 6) is 0.376. The normalized spacial score (nSPS) is 10.4. The predicted octanol–water partition coefficient (Wildman–Crippen LogP) is 3.78. The molecule has 0 amide bonds. The van der Waals surface area contributed by atoms with Gasteiger partial charge in [0.25, 0.3) is 0 Å². The van der Waals surface area contributed by atoms with Gasteiger partial charge in [-0.3, -0.25) is 0 Å². The molecular weight excluding hydrogens is 292 g/mol. The van der Waals surface area contributed by atoms with Crippen LogP contribution in [0.15, 0.2) is 35.1 Å². The quantitative estimate of drug-likeness (QED) is 0.848. The van der Waals surface area contributed by atoms with Gasteiger partial charge in [-0.2, -0.15) is 0 Å². The number of halogens is 1. The van der Waals surface area contributed by atoms with Crippen LogP contribution in [-0.2, 0) is 6.54 Å². The number of nitrogens with one attached hydrogen (secondary N) is 1. The molecule has 0 aliphatic heterocycles. The Morgan fingerprint density at radius 3 is 2.56 bits per heavy atom. The maximum atomic E-state index is 9.72. The maximum Gasteiger partial charge on any atom is 0.129 e. The van der Waals surface area contributed by atoms with Crippen LogP contribution in [0.25, 0.3) is 0 Å². The van der Waals surface area contributed by atoms with Gasteiger partial charge in [0.1, 0.15) is 10.4 Å². The Morgan fingerprint density at radius 2 is 1.94 bits per heavy atom. The Kier molecular flexibility index (Phi) is 3.87. The topological polar surface area (TPSA) is 45.2 Å². The van der Waals surface area contributed by atoms with Gasteiger partial charge in [0, 0.05) is 12.7 Å². The van der Waals surface area contributed by atoms with Crippen LogP contribution in [0.3, 0.4) is 0 Å². The highest BCUT2D eigenvalue weighted by molar-refractivity contribution is 9.10. The summed E-state index contributed by atoms with van der Waals surface area (Å²) in [5, 5.41) is 13.0. The number of pyridine rings is 1. The molecule has 1 aromatic heterocycles. The number of aromatic nitrogens is 1. The molecule has 1 aromatic carbocycles. The molecule has 0 saturated heterocycles. The number of benzene rings is 1. The van der Waals surface area contributed by atoms with Crippen LogP contribution in [0.4, 0.5) is 5.69 Å². The van der Waals surface area contributed by atoms with Crippen LogP contribution in [0.1, 0.15) is 16.7 Å². The van der Waals surface area contributed by atoms with Crippen LogP contribution < -0.4 is 5.32 Å². The Bertz CT molecular complexity index is 546. The van der Waals surface area contributed by atoms with Crippen molar-refractivity contribution in [3.63, 3.8) is 0 Å². The lowest BCUT2D eigenvalue weighted by molar-refractivity contribution is 0.466. The molecular formula is C14H15BrN2O. The van der Waals surface area contributed by atoms with E-state index in [2.05, 4.69) is 26.2 Å². The molecule has 18 heavy (non-hydrogen) atoms. The van der Waals surface area contributed by atoms with Crippen LogP contribution in [0.5, 0.6) is 5.75 Å². The number of phenols is 1. The predicted molar refractivity (Wildman–Crippen MR) is 76.8 cm³/mol. The number of hydrogen-bond donors (Lipinski definition) is 2. The molecule has 1 heterocycles. The summed E-state index contributed by atoms with van der Waals surface area (Å²) in [6.07, 6.45) is 1.74. The van der Waals surface area contributed by atoms with Crippen molar-refractivity contribution in [3.8, 4) is 5.75 Å². The average Bonchev–Trinajstić information content (AvgIpc) is 2.35. The molecule has 0 radical (unpaired) electrons. The lowest BCUT2D eigenvalue weighted by Crippen LogP contribution is -2.01. The molecule has 0 unspecified atom stereocenters. The molecule has 2 rings (SSSR count). The van der Waals surface area contributed by atoms with Gasteiger partial charge in [0.15, 0.2) is 0 Å². The van der Waals surface area contributed by atoms with Crippen molar-refractivity contribution < 1.29 is 5.11 Å². The van der Waals surface area contributed by atoms with Gasteiger partial charge in [0.2, 0.25) is 0 Å². The summed E-state index contributed by atoms with van der Waals surface area (Å²) in [6.45, 7) is 4.52. The fourth-order valence-corrected chi connectivity index (χ4v) is 2.25. The molecule has 2 N–H and O–H groups in total. The second-order valence-corrected chi connectivity index (χ2v) is 5.02. The first kappa shape index (κ1) is 12.9. The zero-order valence-corrected chi connectivity index (χ0v) is 12.0. The molecule has 94 valence electrons. The molecule has 0 spiro atoms. The highest BCUT2D eigenvalue weighted by atomic mass is 79.9. The SMILES string of the molecule is Cc1cc(CNc2cccnc2Br)cc(C)c1O. The van der Waals surface area contributed by atoms with Gasteiger partial charge in [-0.15, -0.1) is 0 Å². The molecule has 0 aliphatic carbocycles. The number of hydrogen-bond acceptors (Lipinski definition) is 3. The van der Waals surface area contributed by atoms with Crippen LogP contribution >= 0.6 is 15.9 Å². The Balaban J connectivity index is 2.14. The number of anilines is 1. The summed E-state index contributed by atoms with van der Waals surface area (Å²) in [6, 6.07) is 7.83. The third-order valence-corrected chi connectivity index (χ3v) is 3.42. The van der Waals surface area contributed by atoms with E-state index in [0.717, 1.165) is 27.0 Å². The largest absolute Gasteiger partial charge is 0.507 e. The van der Waals surface area contributed by atoms with E-state index in [-0.39, 0.29) is 0 Å². The highest BCUT2D eigenvalue weighted by Gasteiger charge is 2.04. The monoisotopic (exact) mass is 306 g/mol. The minimum absolute atomic E-state index is 0.376. The Morgan fingerprint density at radius 1 is 1.28 bits per heavy atom. The zero-order chi connectivity index (χ0) is 13.1. The number of rotatable bonds is 3. The van der Waals surface area contributed by atoms with Gasteiger partial charge in [-0.05, 0) is 58.6 Å². The van der Waals surface area contributed by atoms with Crippen molar-refractivity contribution in [1.82, 2.24) is 4.98 Å². The second kappa shape index (κ2) is 5.40. The first-order valence-corrected chi connectivity index (χ1v) is 6.50. The van der Waals surface area contributed by atoms with Gasteiger partial charge >= 0.3 is 0 Å². The average molecular weight is 307 g/mol. The number of phenolic OH excluding ortho intramolecular Hbond substituents is 1. The van der Waals surface area contributed by atoms with Gasteiger partial charge in [-0.1, -0.05) is 12.1 Å². The van der Waals surface area contributed by atoms with E-state index in [1.54, 1.807) is 6.20 Å².